The van der Waals surface area contributed by atoms with E-state index in [1.54, 1.807) is 6.07 Å². The monoisotopic (exact) mass is 330 g/mol. The Labute approximate surface area is 122 Å². The van der Waals surface area contributed by atoms with Crippen molar-refractivity contribution in [2.45, 2.75) is 13.0 Å². The van der Waals surface area contributed by atoms with Gasteiger partial charge in [-0.25, -0.2) is 12.7 Å². The van der Waals surface area contributed by atoms with Crippen molar-refractivity contribution >= 4 is 44.6 Å². The zero-order chi connectivity index (χ0) is 13.9. The number of hydrogen-bond donors (Lipinski definition) is 1. The minimum Gasteiger partial charge on any atom is -0.309 e. The third kappa shape index (κ3) is 4.36. The second-order valence-corrected chi connectivity index (χ2v) is 8.64. The molecule has 1 heterocycles. The van der Waals surface area contributed by atoms with E-state index in [0.717, 1.165) is 5.56 Å². The van der Waals surface area contributed by atoms with E-state index < -0.39 is 10.0 Å². The van der Waals surface area contributed by atoms with Crippen LogP contribution in [0.3, 0.4) is 0 Å². The topological polar surface area (TPSA) is 49.4 Å². The van der Waals surface area contributed by atoms with Gasteiger partial charge < -0.3 is 5.32 Å². The molecule has 0 radical (unpaired) electrons. The highest BCUT2D eigenvalue weighted by atomic mass is 35.5. The zero-order valence-corrected chi connectivity index (χ0v) is 13.5. The van der Waals surface area contributed by atoms with Gasteiger partial charge in [-0.05, 0) is 18.6 Å². The summed E-state index contributed by atoms with van der Waals surface area (Å²) in [5, 5.41) is 3.12. The van der Waals surface area contributed by atoms with E-state index in [1.165, 1.54) is 29.7 Å². The van der Waals surface area contributed by atoms with Gasteiger partial charge in [-0.15, -0.1) is 11.3 Å². The summed E-state index contributed by atoms with van der Waals surface area (Å²) >= 11 is 13.2. The van der Waals surface area contributed by atoms with Gasteiger partial charge >= 0.3 is 0 Å². The maximum atomic E-state index is 11.6. The van der Waals surface area contributed by atoms with E-state index in [0.29, 0.717) is 15.2 Å². The molecule has 1 N–H and O–H groups in total. The smallest absolute Gasteiger partial charge is 0.214 e. The first kappa shape index (κ1) is 16.2. The first-order chi connectivity index (χ1) is 8.24. The molecule has 0 saturated heterocycles. The van der Waals surface area contributed by atoms with Gasteiger partial charge in [0.1, 0.15) is 0 Å². The highest BCUT2D eigenvalue weighted by Gasteiger charge is 2.16. The number of rotatable bonds is 6. The van der Waals surface area contributed by atoms with Gasteiger partial charge in [-0.1, -0.05) is 23.2 Å². The molecule has 0 bridgehead atoms. The minimum absolute atomic E-state index is 0.0291. The Morgan fingerprint density at radius 1 is 1.44 bits per heavy atom. The van der Waals surface area contributed by atoms with E-state index in [9.17, 15) is 8.42 Å². The molecule has 8 heteroatoms. The summed E-state index contributed by atoms with van der Waals surface area (Å²) in [6, 6.07) is 1.77. The van der Waals surface area contributed by atoms with Crippen LogP contribution in [0.4, 0.5) is 0 Å². The van der Waals surface area contributed by atoms with Crippen molar-refractivity contribution in [3.63, 3.8) is 0 Å². The first-order valence-electron chi connectivity index (χ1n) is 5.32. The number of nitrogens with zero attached hydrogens (tertiary/aromatic N) is 1. The molecule has 0 amide bonds. The van der Waals surface area contributed by atoms with E-state index in [2.05, 4.69) is 5.32 Å². The number of thiophene rings is 1. The lowest BCUT2D eigenvalue weighted by Crippen LogP contribution is -2.32. The average molecular weight is 331 g/mol. The van der Waals surface area contributed by atoms with Crippen LogP contribution in [0.15, 0.2) is 6.07 Å². The zero-order valence-electron chi connectivity index (χ0n) is 10.4. The van der Waals surface area contributed by atoms with Crippen LogP contribution in [0.5, 0.6) is 0 Å². The van der Waals surface area contributed by atoms with Crippen LogP contribution in [-0.4, -0.2) is 39.1 Å². The number of nitrogens with one attached hydrogen (secondary N) is 1. The summed E-state index contributed by atoms with van der Waals surface area (Å²) in [4.78, 5) is 0. The molecule has 1 unspecified atom stereocenters. The quantitative estimate of drug-likeness (QED) is 0.872. The molecule has 0 saturated carbocycles. The van der Waals surface area contributed by atoms with E-state index in [-0.39, 0.29) is 11.8 Å². The van der Waals surface area contributed by atoms with Crippen molar-refractivity contribution in [1.29, 1.82) is 0 Å². The molecule has 1 aromatic heterocycles. The standard InChI is InChI=1S/C10H16Cl2N2O2S2/c1-7(8-6-9(11)17-10(8)12)13-4-5-18(15,16)14(2)3/h6-7,13H,4-5H2,1-3H3. The lowest BCUT2D eigenvalue weighted by molar-refractivity contribution is 0.512. The molecule has 4 nitrogen and oxygen atoms in total. The second kappa shape index (κ2) is 6.54. The van der Waals surface area contributed by atoms with Crippen LogP contribution in [-0.2, 0) is 10.0 Å². The summed E-state index contributed by atoms with van der Waals surface area (Å²) in [5.41, 5.74) is 0.897. The fourth-order valence-electron chi connectivity index (χ4n) is 1.35. The molecule has 0 fully saturated rings. The lowest BCUT2D eigenvalue weighted by Gasteiger charge is -2.15. The van der Waals surface area contributed by atoms with Crippen LogP contribution in [0, 0.1) is 0 Å². The molecule has 1 rings (SSSR count). The summed E-state index contributed by atoms with van der Waals surface area (Å²) < 4.78 is 25.6. The molecule has 0 aliphatic heterocycles. The van der Waals surface area contributed by atoms with E-state index in [4.69, 9.17) is 23.2 Å². The van der Waals surface area contributed by atoms with Gasteiger partial charge in [0.05, 0.1) is 14.4 Å². The SMILES string of the molecule is CC(NCCS(=O)(=O)N(C)C)c1cc(Cl)sc1Cl. The molecule has 0 aliphatic carbocycles. The summed E-state index contributed by atoms with van der Waals surface area (Å²) in [6.45, 7) is 2.29. The summed E-state index contributed by atoms with van der Waals surface area (Å²) in [5.74, 6) is 0.0554. The number of hydrogen-bond acceptors (Lipinski definition) is 4. The van der Waals surface area contributed by atoms with Crippen molar-refractivity contribution in [2.24, 2.45) is 0 Å². The van der Waals surface area contributed by atoms with E-state index in [1.807, 2.05) is 6.92 Å². The largest absolute Gasteiger partial charge is 0.309 e. The van der Waals surface area contributed by atoms with E-state index >= 15 is 0 Å². The normalized spacial score (nSPS) is 14.1. The van der Waals surface area contributed by atoms with Gasteiger partial charge in [0.15, 0.2) is 0 Å². The van der Waals surface area contributed by atoms with Crippen LogP contribution in [0.25, 0.3) is 0 Å². The molecule has 104 valence electrons. The Hall–Kier alpha value is 0.150. The Bertz CT molecular complexity index is 500. The Kier molecular flexibility index (Phi) is 5.89. The maximum Gasteiger partial charge on any atom is 0.214 e. The molecule has 0 spiro atoms. The van der Waals surface area contributed by atoms with Crippen LogP contribution in [0.2, 0.25) is 8.67 Å². The predicted octanol–water partition coefficient (Wildman–Crippen LogP) is 2.60. The fraction of sp³-hybridized carbons (Fsp3) is 0.600. The molecule has 18 heavy (non-hydrogen) atoms. The van der Waals surface area contributed by atoms with Crippen molar-refractivity contribution in [3.8, 4) is 0 Å². The Balaban J connectivity index is 2.53. The van der Waals surface area contributed by atoms with Crippen molar-refractivity contribution in [1.82, 2.24) is 9.62 Å². The van der Waals surface area contributed by atoms with Crippen molar-refractivity contribution < 1.29 is 8.42 Å². The Morgan fingerprint density at radius 3 is 2.50 bits per heavy atom. The van der Waals surface area contributed by atoms with Gasteiger partial charge in [0, 0.05) is 26.7 Å². The third-order valence-corrected chi connectivity index (χ3v) is 5.87. The fourth-order valence-corrected chi connectivity index (χ4v) is 3.73. The average Bonchev–Trinajstić information content (AvgIpc) is 2.57. The molecule has 1 atom stereocenters. The van der Waals surface area contributed by atoms with Crippen LogP contribution >= 0.6 is 34.5 Å². The third-order valence-electron chi connectivity index (χ3n) is 2.52. The van der Waals surface area contributed by atoms with Gasteiger partial charge in [0.2, 0.25) is 10.0 Å². The lowest BCUT2D eigenvalue weighted by atomic mass is 10.2. The molecule has 0 aromatic carbocycles. The number of halogens is 2. The van der Waals surface area contributed by atoms with Gasteiger partial charge in [-0.2, -0.15) is 0 Å². The van der Waals surface area contributed by atoms with Gasteiger partial charge in [-0.3, -0.25) is 0 Å². The number of sulfonamides is 1. The highest BCUT2D eigenvalue weighted by molar-refractivity contribution is 7.89. The van der Waals surface area contributed by atoms with Crippen molar-refractivity contribution in [3.05, 3.63) is 20.3 Å². The molecule has 0 aliphatic rings. The molecular formula is C10H16Cl2N2O2S2. The predicted molar refractivity (Wildman–Crippen MR) is 78.2 cm³/mol. The summed E-state index contributed by atoms with van der Waals surface area (Å²) in [7, 11) is -0.122. The molecule has 1 aromatic rings. The minimum atomic E-state index is -3.17. The van der Waals surface area contributed by atoms with Crippen molar-refractivity contribution in [2.75, 3.05) is 26.4 Å². The summed E-state index contributed by atoms with van der Waals surface area (Å²) in [6.07, 6.45) is 0. The highest BCUT2D eigenvalue weighted by Crippen LogP contribution is 2.34. The van der Waals surface area contributed by atoms with Crippen LogP contribution in [0.1, 0.15) is 18.5 Å². The Morgan fingerprint density at radius 2 is 2.06 bits per heavy atom. The maximum absolute atomic E-state index is 11.6. The van der Waals surface area contributed by atoms with Crippen LogP contribution < -0.4 is 5.32 Å². The van der Waals surface area contributed by atoms with Gasteiger partial charge in [0.25, 0.3) is 0 Å². The molecular weight excluding hydrogens is 315 g/mol. The first-order valence-corrected chi connectivity index (χ1v) is 8.50. The second-order valence-electron chi connectivity index (χ2n) is 4.05.